The van der Waals surface area contributed by atoms with E-state index in [-0.39, 0.29) is 0 Å². The molecule has 0 fully saturated rings. The molecular weight excluding hydrogens is 749 g/mol. The van der Waals surface area contributed by atoms with Gasteiger partial charge in [-0.15, -0.1) is 0 Å². The van der Waals surface area contributed by atoms with E-state index < -0.39 is 0 Å². The summed E-state index contributed by atoms with van der Waals surface area (Å²) in [5.41, 5.74) is 18.1. The lowest BCUT2D eigenvalue weighted by atomic mass is 9.94. The van der Waals surface area contributed by atoms with E-state index in [0.717, 1.165) is 60.8 Å². The van der Waals surface area contributed by atoms with Crippen molar-refractivity contribution in [2.45, 2.75) is 0 Å². The van der Waals surface area contributed by atoms with Gasteiger partial charge in [0.1, 0.15) is 0 Å². The Hall–Kier alpha value is -8.20. The van der Waals surface area contributed by atoms with Crippen molar-refractivity contribution in [3.63, 3.8) is 0 Å². The van der Waals surface area contributed by atoms with Gasteiger partial charge in [0, 0.05) is 21.9 Å². The molecule has 10 aromatic carbocycles. The molecule has 0 spiro atoms. The minimum Gasteiger partial charge on any atom is -0.227 e. The van der Waals surface area contributed by atoms with Gasteiger partial charge < -0.3 is 0 Å². The zero-order chi connectivity index (χ0) is 41.2. The Bertz CT molecular complexity index is 3390. The van der Waals surface area contributed by atoms with Gasteiger partial charge >= 0.3 is 0 Å². The van der Waals surface area contributed by atoms with Gasteiger partial charge in [0.25, 0.3) is 0 Å². The van der Waals surface area contributed by atoms with Crippen molar-refractivity contribution in [2.24, 2.45) is 0 Å². The van der Waals surface area contributed by atoms with Crippen LogP contribution in [0.4, 0.5) is 0 Å². The second kappa shape index (κ2) is 16.1. The molecule has 62 heavy (non-hydrogen) atoms. The van der Waals surface area contributed by atoms with Crippen LogP contribution in [0.15, 0.2) is 243 Å². The Morgan fingerprint density at radius 3 is 1.05 bits per heavy atom. The third kappa shape index (κ3) is 7.25. The van der Waals surface area contributed by atoms with Gasteiger partial charge in [-0.25, -0.2) is 9.97 Å². The summed E-state index contributed by atoms with van der Waals surface area (Å²) in [5.74, 6) is 0.701. The minimum atomic E-state index is 0.701. The van der Waals surface area contributed by atoms with Gasteiger partial charge in [-0.1, -0.05) is 206 Å². The lowest BCUT2D eigenvalue weighted by Crippen LogP contribution is -1.96. The highest BCUT2D eigenvalue weighted by atomic mass is 14.9. The summed E-state index contributed by atoms with van der Waals surface area (Å²) >= 11 is 0. The largest absolute Gasteiger partial charge is 0.227 e. The van der Waals surface area contributed by atoms with Crippen LogP contribution >= 0.6 is 0 Å². The van der Waals surface area contributed by atoms with Crippen LogP contribution in [0.25, 0.3) is 111 Å². The average molecular weight is 789 g/mol. The van der Waals surface area contributed by atoms with Crippen LogP contribution in [0.3, 0.4) is 0 Å². The maximum atomic E-state index is 5.36. The highest BCUT2D eigenvalue weighted by Crippen LogP contribution is 2.37. The third-order valence-corrected chi connectivity index (χ3v) is 11.9. The molecule has 0 bridgehead atoms. The predicted octanol–water partition coefficient (Wildman–Crippen LogP) is 16.1. The van der Waals surface area contributed by atoms with Crippen molar-refractivity contribution >= 4 is 21.7 Å². The molecule has 0 aliphatic rings. The van der Waals surface area contributed by atoms with E-state index in [2.05, 4.69) is 243 Å². The first-order chi connectivity index (χ1) is 30.7. The molecule has 11 rings (SSSR count). The first-order valence-corrected chi connectivity index (χ1v) is 21.1. The van der Waals surface area contributed by atoms with Gasteiger partial charge in [0.2, 0.25) is 0 Å². The normalized spacial score (nSPS) is 11.2. The van der Waals surface area contributed by atoms with Gasteiger partial charge in [-0.3, -0.25) is 0 Å². The summed E-state index contributed by atoms with van der Waals surface area (Å²) < 4.78 is 0. The number of nitrogens with zero attached hydrogens (tertiary/aromatic N) is 2. The number of rotatable bonds is 8. The topological polar surface area (TPSA) is 25.8 Å². The molecule has 0 saturated heterocycles. The Kier molecular flexibility index (Phi) is 9.57. The molecule has 0 unspecified atom stereocenters. The number of aromatic nitrogens is 2. The molecule has 2 nitrogen and oxygen atoms in total. The summed E-state index contributed by atoms with van der Waals surface area (Å²) in [6.45, 7) is 0. The highest BCUT2D eigenvalue weighted by Gasteiger charge is 2.16. The average Bonchev–Trinajstić information content (AvgIpc) is 3.37. The van der Waals surface area contributed by atoms with E-state index in [1.807, 2.05) is 0 Å². The first kappa shape index (κ1) is 36.8. The summed E-state index contributed by atoms with van der Waals surface area (Å²) in [7, 11) is 0. The van der Waals surface area contributed by atoms with Crippen LogP contribution in [0.2, 0.25) is 0 Å². The van der Waals surface area contributed by atoms with Crippen molar-refractivity contribution < 1.29 is 0 Å². The number of hydrogen-bond acceptors (Lipinski definition) is 2. The van der Waals surface area contributed by atoms with Crippen LogP contribution in [0.1, 0.15) is 0 Å². The standard InChI is InChI=1S/C60H40N2/c1-3-14-41(15-4-1)46-19-9-22-49(36-46)51-24-11-21-48(38-51)43-30-32-45(33-31-43)60-61-58(57-35-34-44-18-7-8-29-56(44)59(57)62-60)55-28-13-27-54(40-55)53-26-12-25-52(39-53)50-23-10-20-47(37-50)42-16-5-2-6-17-42/h1-40H. The summed E-state index contributed by atoms with van der Waals surface area (Å²) in [4.78, 5) is 10.7. The fourth-order valence-corrected chi connectivity index (χ4v) is 8.65. The van der Waals surface area contributed by atoms with Gasteiger partial charge in [-0.05, 0) is 109 Å². The van der Waals surface area contributed by atoms with E-state index in [9.17, 15) is 0 Å². The Balaban J connectivity index is 0.952. The van der Waals surface area contributed by atoms with E-state index in [4.69, 9.17) is 9.97 Å². The Morgan fingerprint density at radius 1 is 0.210 bits per heavy atom. The monoisotopic (exact) mass is 788 g/mol. The molecule has 0 radical (unpaired) electrons. The molecular formula is C60H40N2. The highest BCUT2D eigenvalue weighted by molar-refractivity contribution is 6.10. The van der Waals surface area contributed by atoms with Gasteiger partial charge in [0.05, 0.1) is 11.2 Å². The van der Waals surface area contributed by atoms with Crippen LogP contribution in [0, 0.1) is 0 Å². The predicted molar refractivity (Wildman–Crippen MR) is 261 cm³/mol. The molecule has 290 valence electrons. The van der Waals surface area contributed by atoms with Crippen LogP contribution < -0.4 is 0 Å². The Morgan fingerprint density at radius 2 is 0.565 bits per heavy atom. The molecule has 1 aromatic heterocycles. The van der Waals surface area contributed by atoms with Crippen molar-refractivity contribution in [3.8, 4) is 89.4 Å². The van der Waals surface area contributed by atoms with Gasteiger partial charge in [0.15, 0.2) is 5.82 Å². The SMILES string of the molecule is c1ccc(-c2cccc(-c3cccc(-c4ccc(-c5nc(-c6cccc(-c7cccc(-c8cccc(-c9ccccc9)c8)c7)c6)c6ccc7ccccc7c6n5)cc4)c3)c2)cc1. The zero-order valence-corrected chi connectivity index (χ0v) is 34.0. The zero-order valence-electron chi connectivity index (χ0n) is 34.0. The van der Waals surface area contributed by atoms with Crippen LogP contribution in [0.5, 0.6) is 0 Å². The lowest BCUT2D eigenvalue weighted by molar-refractivity contribution is 1.23. The van der Waals surface area contributed by atoms with Crippen LogP contribution in [-0.2, 0) is 0 Å². The first-order valence-electron chi connectivity index (χ1n) is 21.1. The van der Waals surface area contributed by atoms with Crippen molar-refractivity contribution in [2.75, 3.05) is 0 Å². The number of benzene rings is 10. The van der Waals surface area contributed by atoms with Crippen molar-refractivity contribution in [1.82, 2.24) is 9.97 Å². The van der Waals surface area contributed by atoms with Crippen LogP contribution in [-0.4, -0.2) is 9.97 Å². The molecule has 0 atom stereocenters. The van der Waals surface area contributed by atoms with E-state index >= 15 is 0 Å². The van der Waals surface area contributed by atoms with Crippen molar-refractivity contribution in [3.05, 3.63) is 243 Å². The smallest absolute Gasteiger partial charge is 0.160 e. The number of hydrogen-bond donors (Lipinski definition) is 0. The summed E-state index contributed by atoms with van der Waals surface area (Å²) in [5, 5.41) is 3.30. The third-order valence-electron chi connectivity index (χ3n) is 11.9. The molecule has 0 N–H and O–H groups in total. The molecule has 0 saturated carbocycles. The fraction of sp³-hybridized carbons (Fsp3) is 0. The van der Waals surface area contributed by atoms with Crippen molar-refractivity contribution in [1.29, 1.82) is 0 Å². The molecule has 2 heteroatoms. The summed E-state index contributed by atoms with van der Waals surface area (Å²) in [6.07, 6.45) is 0. The molecule has 0 aliphatic heterocycles. The quantitative estimate of drug-likeness (QED) is 0.143. The maximum Gasteiger partial charge on any atom is 0.160 e. The van der Waals surface area contributed by atoms with E-state index in [0.29, 0.717) is 5.82 Å². The van der Waals surface area contributed by atoms with E-state index in [1.54, 1.807) is 0 Å². The fourth-order valence-electron chi connectivity index (χ4n) is 8.65. The second-order valence-electron chi connectivity index (χ2n) is 15.8. The lowest BCUT2D eigenvalue weighted by Gasteiger charge is -2.13. The second-order valence-corrected chi connectivity index (χ2v) is 15.8. The molecule has 1 heterocycles. The number of fused-ring (bicyclic) bond motifs is 3. The molecule has 11 aromatic rings. The molecule has 0 amide bonds. The molecule has 0 aliphatic carbocycles. The minimum absolute atomic E-state index is 0.701. The van der Waals surface area contributed by atoms with Gasteiger partial charge in [-0.2, -0.15) is 0 Å². The summed E-state index contributed by atoms with van der Waals surface area (Å²) in [6, 6.07) is 86.6. The maximum absolute atomic E-state index is 5.36. The Labute approximate surface area is 362 Å². The van der Waals surface area contributed by atoms with E-state index in [1.165, 1.54) is 44.5 Å².